The number of aliphatic hydroxyl groups excluding tert-OH is 1. The number of anilines is 1. The highest BCUT2D eigenvalue weighted by Gasteiger charge is 2.14. The number of hydrogen-bond acceptors (Lipinski definition) is 4. The molecule has 0 saturated heterocycles. The molecule has 5 nitrogen and oxygen atoms in total. The fourth-order valence-electron chi connectivity index (χ4n) is 2.87. The Bertz CT molecular complexity index is 813. The molecule has 0 amide bonds. The first-order valence-electron chi connectivity index (χ1n) is 8.37. The fourth-order valence-corrected chi connectivity index (χ4v) is 2.87. The van der Waals surface area contributed by atoms with Crippen LogP contribution in [0.5, 0.6) is 0 Å². The molecule has 1 aromatic carbocycles. The van der Waals surface area contributed by atoms with Crippen LogP contribution in [-0.4, -0.2) is 32.1 Å². The van der Waals surface area contributed by atoms with Crippen molar-refractivity contribution in [3.05, 3.63) is 59.7 Å². The molecule has 2 aromatic heterocycles. The zero-order valence-electron chi connectivity index (χ0n) is 14.5. The minimum absolute atomic E-state index is 0.357. The Morgan fingerprint density at radius 2 is 1.92 bits per heavy atom. The Labute approximate surface area is 142 Å². The second kappa shape index (κ2) is 7.01. The summed E-state index contributed by atoms with van der Waals surface area (Å²) in [5, 5.41) is 10.1. The number of para-hydroxylation sites is 1. The molecule has 3 rings (SSSR count). The van der Waals surface area contributed by atoms with Crippen LogP contribution in [0.4, 0.5) is 5.69 Å². The number of aryl methyl sites for hydroxylation is 2. The van der Waals surface area contributed by atoms with Crippen LogP contribution in [0, 0.1) is 13.8 Å². The van der Waals surface area contributed by atoms with Crippen LogP contribution in [0.25, 0.3) is 5.78 Å². The molecule has 0 spiro atoms. The Morgan fingerprint density at radius 1 is 1.17 bits per heavy atom. The highest BCUT2D eigenvalue weighted by molar-refractivity contribution is 5.47. The second-order valence-electron chi connectivity index (χ2n) is 6.22. The summed E-state index contributed by atoms with van der Waals surface area (Å²) in [5.74, 6) is 0.728. The number of aromatic nitrogens is 3. The van der Waals surface area contributed by atoms with Crippen molar-refractivity contribution >= 4 is 11.5 Å². The Kier molecular flexibility index (Phi) is 4.81. The predicted molar refractivity (Wildman–Crippen MR) is 96.3 cm³/mol. The van der Waals surface area contributed by atoms with Gasteiger partial charge in [-0.1, -0.05) is 25.1 Å². The van der Waals surface area contributed by atoms with Gasteiger partial charge in [-0.2, -0.15) is 0 Å². The first kappa shape index (κ1) is 16.5. The van der Waals surface area contributed by atoms with Gasteiger partial charge in [-0.3, -0.25) is 4.40 Å². The molecular weight excluding hydrogens is 300 g/mol. The summed E-state index contributed by atoms with van der Waals surface area (Å²) < 4.78 is 2.02. The zero-order chi connectivity index (χ0) is 17.1. The quantitative estimate of drug-likeness (QED) is 0.757. The minimum Gasteiger partial charge on any atom is -0.391 e. The van der Waals surface area contributed by atoms with Gasteiger partial charge in [0, 0.05) is 29.8 Å². The van der Waals surface area contributed by atoms with E-state index in [9.17, 15) is 5.11 Å². The molecule has 2 heterocycles. The molecule has 0 unspecified atom stereocenters. The van der Waals surface area contributed by atoms with E-state index >= 15 is 0 Å². The molecule has 0 fully saturated rings. The lowest BCUT2D eigenvalue weighted by Crippen LogP contribution is -2.31. The molecule has 3 aromatic rings. The Hall–Kier alpha value is -2.40. The van der Waals surface area contributed by atoms with Crippen LogP contribution >= 0.6 is 0 Å². The van der Waals surface area contributed by atoms with E-state index in [0.717, 1.165) is 35.0 Å². The van der Waals surface area contributed by atoms with Crippen molar-refractivity contribution in [2.45, 2.75) is 39.8 Å². The van der Waals surface area contributed by atoms with Crippen molar-refractivity contribution in [3.8, 4) is 0 Å². The molecule has 0 aliphatic heterocycles. The Morgan fingerprint density at radius 3 is 2.62 bits per heavy atom. The summed E-state index contributed by atoms with van der Waals surface area (Å²) in [6.07, 6.45) is 2.41. The van der Waals surface area contributed by atoms with Gasteiger partial charge in [-0.15, -0.1) is 0 Å². The van der Waals surface area contributed by atoms with Crippen molar-refractivity contribution in [3.63, 3.8) is 0 Å². The van der Waals surface area contributed by atoms with E-state index in [1.165, 1.54) is 0 Å². The molecule has 0 radical (unpaired) electrons. The van der Waals surface area contributed by atoms with Gasteiger partial charge in [0.05, 0.1) is 18.3 Å². The summed E-state index contributed by atoms with van der Waals surface area (Å²) in [5.41, 5.74) is 4.13. The van der Waals surface area contributed by atoms with Crippen LogP contribution in [0.15, 0.2) is 42.6 Å². The maximum atomic E-state index is 10.1. The average molecular weight is 324 g/mol. The van der Waals surface area contributed by atoms with Crippen molar-refractivity contribution in [2.75, 3.05) is 11.4 Å². The standard InChI is InChI=1S/C19H24N4O/c1-4-18(24)13-22(17-8-6-5-7-9-17)11-16-12-23-15(3)10-14(2)20-19(23)21-16/h5-10,12,18,24H,4,11,13H2,1-3H3/t18-/m1/s1. The van der Waals surface area contributed by atoms with Crippen molar-refractivity contribution in [1.82, 2.24) is 14.4 Å². The van der Waals surface area contributed by atoms with E-state index in [2.05, 4.69) is 33.9 Å². The van der Waals surface area contributed by atoms with E-state index in [1.807, 2.05) is 48.7 Å². The molecule has 126 valence electrons. The number of fused-ring (bicyclic) bond motifs is 1. The lowest BCUT2D eigenvalue weighted by atomic mass is 10.2. The summed E-state index contributed by atoms with van der Waals surface area (Å²) in [6, 6.07) is 12.2. The summed E-state index contributed by atoms with van der Waals surface area (Å²) in [4.78, 5) is 11.3. The van der Waals surface area contributed by atoms with Gasteiger partial charge in [0.15, 0.2) is 0 Å². The topological polar surface area (TPSA) is 53.7 Å². The summed E-state index contributed by atoms with van der Waals surface area (Å²) in [6.45, 7) is 7.26. The smallest absolute Gasteiger partial charge is 0.234 e. The molecule has 0 saturated carbocycles. The van der Waals surface area contributed by atoms with Crippen LogP contribution in [0.2, 0.25) is 0 Å². The van der Waals surface area contributed by atoms with Crippen LogP contribution in [0.1, 0.15) is 30.4 Å². The van der Waals surface area contributed by atoms with Gasteiger partial charge in [0.1, 0.15) is 0 Å². The van der Waals surface area contributed by atoms with E-state index in [1.54, 1.807) is 0 Å². The van der Waals surface area contributed by atoms with Crippen LogP contribution in [-0.2, 0) is 6.54 Å². The largest absolute Gasteiger partial charge is 0.391 e. The van der Waals surface area contributed by atoms with Crippen molar-refractivity contribution in [2.24, 2.45) is 0 Å². The first-order chi connectivity index (χ1) is 11.6. The maximum absolute atomic E-state index is 10.1. The van der Waals surface area contributed by atoms with Crippen molar-refractivity contribution < 1.29 is 5.11 Å². The second-order valence-corrected chi connectivity index (χ2v) is 6.22. The van der Waals surface area contributed by atoms with Gasteiger partial charge < -0.3 is 10.0 Å². The molecule has 1 N–H and O–H groups in total. The van der Waals surface area contributed by atoms with E-state index in [0.29, 0.717) is 13.1 Å². The number of rotatable bonds is 6. The molecular formula is C19H24N4O. The molecule has 5 heteroatoms. The number of nitrogens with zero attached hydrogens (tertiary/aromatic N) is 4. The van der Waals surface area contributed by atoms with Crippen LogP contribution < -0.4 is 4.90 Å². The monoisotopic (exact) mass is 324 g/mol. The van der Waals surface area contributed by atoms with Crippen LogP contribution in [0.3, 0.4) is 0 Å². The SMILES string of the molecule is CC[C@@H](O)CN(Cc1cn2c(C)cc(C)nc2n1)c1ccccc1. The molecule has 0 bridgehead atoms. The predicted octanol–water partition coefficient (Wildman–Crippen LogP) is 3.12. The lowest BCUT2D eigenvalue weighted by molar-refractivity contribution is 0.175. The lowest BCUT2D eigenvalue weighted by Gasteiger charge is -2.26. The normalized spacial score (nSPS) is 12.5. The first-order valence-corrected chi connectivity index (χ1v) is 8.37. The maximum Gasteiger partial charge on any atom is 0.234 e. The van der Waals surface area contributed by atoms with Gasteiger partial charge in [-0.05, 0) is 38.5 Å². The highest BCUT2D eigenvalue weighted by Crippen LogP contribution is 2.18. The third kappa shape index (κ3) is 3.57. The number of benzene rings is 1. The van der Waals surface area contributed by atoms with Gasteiger partial charge in [-0.25, -0.2) is 9.97 Å². The summed E-state index contributed by atoms with van der Waals surface area (Å²) >= 11 is 0. The highest BCUT2D eigenvalue weighted by atomic mass is 16.3. The minimum atomic E-state index is -0.357. The van der Waals surface area contributed by atoms with Crippen molar-refractivity contribution in [1.29, 1.82) is 0 Å². The molecule has 1 atom stereocenters. The number of hydrogen-bond donors (Lipinski definition) is 1. The molecule has 0 aliphatic carbocycles. The Balaban J connectivity index is 1.91. The molecule has 0 aliphatic rings. The third-order valence-corrected chi connectivity index (χ3v) is 4.19. The van der Waals surface area contributed by atoms with Gasteiger partial charge in [0.25, 0.3) is 0 Å². The van der Waals surface area contributed by atoms with Gasteiger partial charge >= 0.3 is 0 Å². The van der Waals surface area contributed by atoms with Gasteiger partial charge in [0.2, 0.25) is 5.78 Å². The third-order valence-electron chi connectivity index (χ3n) is 4.19. The zero-order valence-corrected chi connectivity index (χ0v) is 14.5. The number of aliphatic hydroxyl groups is 1. The average Bonchev–Trinajstić information content (AvgIpc) is 2.97. The molecule has 24 heavy (non-hydrogen) atoms. The summed E-state index contributed by atoms with van der Waals surface area (Å²) in [7, 11) is 0. The number of imidazole rings is 1. The van der Waals surface area contributed by atoms with E-state index in [4.69, 9.17) is 0 Å². The van der Waals surface area contributed by atoms with E-state index in [-0.39, 0.29) is 6.10 Å². The fraction of sp³-hybridized carbons (Fsp3) is 0.368. The van der Waals surface area contributed by atoms with E-state index < -0.39 is 0 Å².